The summed E-state index contributed by atoms with van der Waals surface area (Å²) in [4.78, 5) is 4.26. The van der Waals surface area contributed by atoms with Crippen molar-refractivity contribution >= 4 is 15.9 Å². The van der Waals surface area contributed by atoms with E-state index in [1.165, 1.54) is 0 Å². The molecule has 1 N–H and O–H groups in total. The Morgan fingerprint density at radius 3 is 2.69 bits per heavy atom. The van der Waals surface area contributed by atoms with Crippen LogP contribution in [0.25, 0.3) is 0 Å². The van der Waals surface area contributed by atoms with E-state index in [9.17, 15) is 5.11 Å². The summed E-state index contributed by atoms with van der Waals surface area (Å²) in [6.45, 7) is 0.564. The Morgan fingerprint density at radius 1 is 1.31 bits per heavy atom. The third kappa shape index (κ3) is 3.54. The first-order valence-corrected chi connectivity index (χ1v) is 6.43. The van der Waals surface area contributed by atoms with Gasteiger partial charge in [0.25, 0.3) is 0 Å². The first-order valence-electron chi connectivity index (χ1n) is 5.64. The molecule has 0 aliphatic heterocycles. The SMILES string of the molecule is OC1CCC(OCc2ccc(Br)cn2)CC1. The lowest BCUT2D eigenvalue weighted by Gasteiger charge is -2.25. The number of hydrogen-bond donors (Lipinski definition) is 1. The minimum atomic E-state index is -0.120. The number of ether oxygens (including phenoxy) is 1. The molecule has 0 unspecified atom stereocenters. The molecule has 88 valence electrons. The van der Waals surface area contributed by atoms with E-state index >= 15 is 0 Å². The Kier molecular flexibility index (Phi) is 4.32. The minimum Gasteiger partial charge on any atom is -0.393 e. The molecule has 0 atom stereocenters. The minimum absolute atomic E-state index is 0.120. The van der Waals surface area contributed by atoms with Crippen LogP contribution < -0.4 is 0 Å². The summed E-state index contributed by atoms with van der Waals surface area (Å²) in [6, 6.07) is 3.93. The number of halogens is 1. The van der Waals surface area contributed by atoms with Crippen LogP contribution >= 0.6 is 15.9 Å². The van der Waals surface area contributed by atoms with E-state index in [2.05, 4.69) is 20.9 Å². The summed E-state index contributed by atoms with van der Waals surface area (Å²) in [5.74, 6) is 0. The molecule has 1 saturated carbocycles. The van der Waals surface area contributed by atoms with Gasteiger partial charge in [-0.05, 0) is 53.7 Å². The zero-order valence-corrected chi connectivity index (χ0v) is 10.7. The van der Waals surface area contributed by atoms with Gasteiger partial charge in [0.2, 0.25) is 0 Å². The van der Waals surface area contributed by atoms with E-state index in [-0.39, 0.29) is 12.2 Å². The van der Waals surface area contributed by atoms with Crippen molar-refractivity contribution in [1.82, 2.24) is 4.98 Å². The number of aliphatic hydroxyl groups excluding tert-OH is 1. The zero-order chi connectivity index (χ0) is 11.4. The molecule has 1 fully saturated rings. The Morgan fingerprint density at radius 2 is 2.06 bits per heavy atom. The predicted molar refractivity (Wildman–Crippen MR) is 65.0 cm³/mol. The van der Waals surface area contributed by atoms with Crippen LogP contribution in [0.3, 0.4) is 0 Å². The average molecular weight is 286 g/mol. The molecule has 3 nitrogen and oxygen atoms in total. The lowest BCUT2D eigenvalue weighted by Crippen LogP contribution is -2.24. The summed E-state index contributed by atoms with van der Waals surface area (Å²) in [7, 11) is 0. The third-order valence-corrected chi connectivity index (χ3v) is 3.37. The van der Waals surface area contributed by atoms with Crippen LogP contribution in [0.1, 0.15) is 31.4 Å². The highest BCUT2D eigenvalue weighted by atomic mass is 79.9. The smallest absolute Gasteiger partial charge is 0.0891 e. The lowest BCUT2D eigenvalue weighted by molar-refractivity contribution is -0.0129. The van der Waals surface area contributed by atoms with Crippen molar-refractivity contribution in [3.05, 3.63) is 28.5 Å². The van der Waals surface area contributed by atoms with Crippen LogP contribution in [0, 0.1) is 0 Å². The van der Waals surface area contributed by atoms with Crippen molar-refractivity contribution < 1.29 is 9.84 Å². The highest BCUT2D eigenvalue weighted by Crippen LogP contribution is 2.21. The van der Waals surface area contributed by atoms with Crippen LogP contribution in [-0.4, -0.2) is 22.3 Å². The van der Waals surface area contributed by atoms with Gasteiger partial charge in [-0.2, -0.15) is 0 Å². The Bertz CT molecular complexity index is 320. The molecule has 2 rings (SSSR count). The van der Waals surface area contributed by atoms with Crippen molar-refractivity contribution in [2.75, 3.05) is 0 Å². The van der Waals surface area contributed by atoms with Gasteiger partial charge in [-0.15, -0.1) is 0 Å². The Labute approximate surface area is 104 Å². The Balaban J connectivity index is 1.77. The largest absolute Gasteiger partial charge is 0.393 e. The second-order valence-corrected chi connectivity index (χ2v) is 5.12. The van der Waals surface area contributed by atoms with E-state index in [1.807, 2.05) is 12.1 Å². The molecule has 0 spiro atoms. The average Bonchev–Trinajstić information content (AvgIpc) is 2.30. The molecule has 4 heteroatoms. The maximum atomic E-state index is 9.37. The van der Waals surface area contributed by atoms with Crippen LogP contribution in [-0.2, 0) is 11.3 Å². The number of rotatable bonds is 3. The highest BCUT2D eigenvalue weighted by Gasteiger charge is 2.19. The van der Waals surface area contributed by atoms with Crippen molar-refractivity contribution in [2.24, 2.45) is 0 Å². The van der Waals surface area contributed by atoms with Gasteiger partial charge in [0.05, 0.1) is 24.5 Å². The van der Waals surface area contributed by atoms with Gasteiger partial charge in [-0.1, -0.05) is 0 Å². The van der Waals surface area contributed by atoms with E-state index in [1.54, 1.807) is 6.20 Å². The molecule has 1 aromatic rings. The third-order valence-electron chi connectivity index (χ3n) is 2.90. The number of pyridine rings is 1. The van der Waals surface area contributed by atoms with Gasteiger partial charge < -0.3 is 9.84 Å². The van der Waals surface area contributed by atoms with Gasteiger partial charge in [0.1, 0.15) is 0 Å². The van der Waals surface area contributed by atoms with E-state index in [0.29, 0.717) is 6.61 Å². The second kappa shape index (κ2) is 5.75. The number of aliphatic hydroxyl groups is 1. The molecule has 1 aliphatic carbocycles. The van der Waals surface area contributed by atoms with Crippen LogP contribution in [0.15, 0.2) is 22.8 Å². The van der Waals surface area contributed by atoms with Gasteiger partial charge >= 0.3 is 0 Å². The molecule has 0 bridgehead atoms. The van der Waals surface area contributed by atoms with Crippen LogP contribution in [0.4, 0.5) is 0 Å². The normalized spacial score (nSPS) is 25.6. The van der Waals surface area contributed by atoms with Crippen molar-refractivity contribution in [1.29, 1.82) is 0 Å². The standard InChI is InChI=1S/C12H16BrNO2/c13-9-1-2-10(14-7-9)8-16-12-5-3-11(15)4-6-12/h1-2,7,11-12,15H,3-6,8H2. The van der Waals surface area contributed by atoms with Crippen molar-refractivity contribution in [3.8, 4) is 0 Å². The Hall–Kier alpha value is -0.450. The van der Waals surface area contributed by atoms with Gasteiger partial charge in [-0.25, -0.2) is 0 Å². The summed E-state index contributed by atoms with van der Waals surface area (Å²) in [5.41, 5.74) is 0.953. The number of nitrogens with zero attached hydrogens (tertiary/aromatic N) is 1. The first kappa shape index (κ1) is 12.0. The summed E-state index contributed by atoms with van der Waals surface area (Å²) >= 11 is 3.35. The molecule has 1 aliphatic rings. The fourth-order valence-electron chi connectivity index (χ4n) is 1.91. The molecule has 0 aromatic carbocycles. The van der Waals surface area contributed by atoms with Crippen molar-refractivity contribution in [3.63, 3.8) is 0 Å². The van der Waals surface area contributed by atoms with E-state index in [4.69, 9.17) is 4.74 Å². The molecule has 1 aromatic heterocycles. The van der Waals surface area contributed by atoms with E-state index < -0.39 is 0 Å². The summed E-state index contributed by atoms with van der Waals surface area (Å²) < 4.78 is 6.75. The van der Waals surface area contributed by atoms with Gasteiger partial charge in [0, 0.05) is 10.7 Å². The molecule has 1 heterocycles. The second-order valence-electron chi connectivity index (χ2n) is 4.21. The maximum absolute atomic E-state index is 9.37. The van der Waals surface area contributed by atoms with Gasteiger partial charge in [-0.3, -0.25) is 4.98 Å². The molecular weight excluding hydrogens is 270 g/mol. The molecule has 0 radical (unpaired) electrons. The maximum Gasteiger partial charge on any atom is 0.0891 e. The number of aromatic nitrogens is 1. The van der Waals surface area contributed by atoms with Crippen molar-refractivity contribution in [2.45, 2.75) is 44.5 Å². The quantitative estimate of drug-likeness (QED) is 0.929. The first-order chi connectivity index (χ1) is 7.74. The monoisotopic (exact) mass is 285 g/mol. The summed E-state index contributed by atoms with van der Waals surface area (Å²) in [5, 5.41) is 9.37. The highest BCUT2D eigenvalue weighted by molar-refractivity contribution is 9.10. The zero-order valence-electron chi connectivity index (χ0n) is 9.10. The molecule has 0 saturated heterocycles. The van der Waals surface area contributed by atoms with E-state index in [0.717, 1.165) is 35.8 Å². The predicted octanol–water partition coefficient (Wildman–Crippen LogP) is 2.66. The fraction of sp³-hybridized carbons (Fsp3) is 0.583. The number of hydrogen-bond acceptors (Lipinski definition) is 3. The molecule has 0 amide bonds. The molecular formula is C12H16BrNO2. The lowest BCUT2D eigenvalue weighted by atomic mass is 9.95. The topological polar surface area (TPSA) is 42.4 Å². The van der Waals surface area contributed by atoms with Gasteiger partial charge in [0.15, 0.2) is 0 Å². The summed E-state index contributed by atoms with van der Waals surface area (Å²) in [6.07, 6.45) is 5.58. The van der Waals surface area contributed by atoms with Crippen LogP contribution in [0.2, 0.25) is 0 Å². The fourth-order valence-corrected chi connectivity index (χ4v) is 2.14. The van der Waals surface area contributed by atoms with Crippen LogP contribution in [0.5, 0.6) is 0 Å². The molecule has 16 heavy (non-hydrogen) atoms.